The van der Waals surface area contributed by atoms with Crippen LogP contribution >= 0.6 is 22.6 Å². The number of benzene rings is 2. The number of hydrogen-bond acceptors (Lipinski definition) is 6. The number of sulfonamides is 1. The van der Waals surface area contributed by atoms with Gasteiger partial charge in [-0.3, -0.25) is 0 Å². The second kappa shape index (κ2) is 10.4. The fraction of sp³-hybridized carbons (Fsp3) is 0.200. The Labute approximate surface area is 183 Å². The van der Waals surface area contributed by atoms with E-state index in [0.717, 1.165) is 16.2 Å². The number of methoxy groups -OCH3 is 1. The number of rotatable bonds is 7. The van der Waals surface area contributed by atoms with Gasteiger partial charge in [-0.1, -0.05) is 23.8 Å². The van der Waals surface area contributed by atoms with Crippen LogP contribution in [0.25, 0.3) is 0 Å². The number of aryl methyl sites for hydroxylation is 1. The Hall–Kier alpha value is -2.40. The minimum absolute atomic E-state index is 0.0213. The molecule has 2 aromatic rings. The molecule has 1 amide bonds. The monoisotopic (exact) mass is 529 g/mol. The number of hydrogen-bond donors (Lipinski definition) is 0. The third-order valence-corrected chi connectivity index (χ3v) is 6.28. The summed E-state index contributed by atoms with van der Waals surface area (Å²) in [5.41, 5.74) is 1.31. The summed E-state index contributed by atoms with van der Waals surface area (Å²) in [4.78, 5) is 23.9. The van der Waals surface area contributed by atoms with E-state index in [2.05, 4.69) is 27.3 Å². The van der Waals surface area contributed by atoms with E-state index in [4.69, 9.17) is 4.74 Å². The first-order valence-electron chi connectivity index (χ1n) is 8.50. The van der Waals surface area contributed by atoms with E-state index in [1.54, 1.807) is 36.4 Å². The molecule has 0 aliphatic heterocycles. The smallest absolute Gasteiger partial charge is 0.423 e. The minimum Gasteiger partial charge on any atom is -0.458 e. The van der Waals surface area contributed by atoms with Crippen molar-refractivity contribution in [3.63, 3.8) is 0 Å². The van der Waals surface area contributed by atoms with Gasteiger partial charge in [0, 0.05) is 3.57 Å². The maximum absolute atomic E-state index is 12.7. The van der Waals surface area contributed by atoms with Gasteiger partial charge >= 0.3 is 12.1 Å². The van der Waals surface area contributed by atoms with Crippen LogP contribution in [0.3, 0.4) is 0 Å². The molecule has 0 unspecified atom stereocenters. The van der Waals surface area contributed by atoms with Crippen molar-refractivity contribution in [2.45, 2.75) is 11.8 Å². The zero-order chi connectivity index (χ0) is 21.4. The first-order chi connectivity index (χ1) is 13.8. The normalized spacial score (nSPS) is 11.3. The number of carbonyl (C=O) groups excluding carboxylic acids is 2. The first kappa shape index (κ1) is 22.9. The van der Waals surface area contributed by atoms with Crippen molar-refractivity contribution < 1.29 is 27.5 Å². The van der Waals surface area contributed by atoms with Crippen molar-refractivity contribution in [2.75, 3.05) is 20.3 Å². The van der Waals surface area contributed by atoms with Gasteiger partial charge in [0.05, 0.1) is 24.1 Å². The van der Waals surface area contributed by atoms with Gasteiger partial charge in [0.1, 0.15) is 6.61 Å². The molecule has 0 spiro atoms. The van der Waals surface area contributed by atoms with Crippen molar-refractivity contribution in [1.82, 2.24) is 4.31 Å². The average molecular weight is 529 g/mol. The lowest BCUT2D eigenvalue weighted by Crippen LogP contribution is -2.37. The van der Waals surface area contributed by atoms with Crippen molar-refractivity contribution in [3.05, 3.63) is 75.4 Å². The molecule has 0 radical (unpaired) electrons. The molecule has 9 heteroatoms. The number of nitrogens with zero attached hydrogens (tertiary/aromatic N) is 1. The Morgan fingerprint density at radius 3 is 2.24 bits per heavy atom. The third kappa shape index (κ3) is 6.29. The Bertz CT molecular complexity index is 985. The Morgan fingerprint density at radius 2 is 1.66 bits per heavy atom. The molecule has 0 bridgehead atoms. The zero-order valence-corrected chi connectivity index (χ0v) is 18.8. The van der Waals surface area contributed by atoms with E-state index in [9.17, 15) is 18.0 Å². The van der Waals surface area contributed by atoms with Gasteiger partial charge in [-0.25, -0.2) is 18.0 Å². The predicted octanol–water partition coefficient (Wildman–Crippen LogP) is 3.77. The molecule has 0 aliphatic rings. The minimum atomic E-state index is -4.08. The molecule has 0 atom stereocenters. The van der Waals surface area contributed by atoms with Crippen LogP contribution < -0.4 is 0 Å². The molecule has 0 N–H and O–H groups in total. The summed E-state index contributed by atoms with van der Waals surface area (Å²) in [5.74, 6) is -0.497. The fourth-order valence-electron chi connectivity index (χ4n) is 2.24. The third-order valence-electron chi connectivity index (χ3n) is 3.82. The Kier molecular flexibility index (Phi) is 8.21. The molecule has 2 rings (SSSR count). The average Bonchev–Trinajstić information content (AvgIpc) is 2.70. The number of amides is 1. The van der Waals surface area contributed by atoms with E-state index >= 15 is 0 Å². The molecule has 0 heterocycles. The van der Waals surface area contributed by atoms with E-state index in [1.807, 2.05) is 6.92 Å². The number of halogens is 1. The van der Waals surface area contributed by atoms with Crippen molar-refractivity contribution >= 4 is 44.7 Å². The Morgan fingerprint density at radius 1 is 1.03 bits per heavy atom. The van der Waals surface area contributed by atoms with Crippen LogP contribution in [0.4, 0.5) is 4.79 Å². The second-order valence-electron chi connectivity index (χ2n) is 5.90. The van der Waals surface area contributed by atoms with E-state index in [-0.39, 0.29) is 18.0 Å². The van der Waals surface area contributed by atoms with Crippen LogP contribution in [0.15, 0.2) is 65.6 Å². The molecule has 29 heavy (non-hydrogen) atoms. The summed E-state index contributed by atoms with van der Waals surface area (Å²) < 4.78 is 36.8. The van der Waals surface area contributed by atoms with Crippen molar-refractivity contribution in [1.29, 1.82) is 0 Å². The van der Waals surface area contributed by atoms with Gasteiger partial charge in [0.25, 0.3) is 10.0 Å². The van der Waals surface area contributed by atoms with Crippen LogP contribution in [0.5, 0.6) is 0 Å². The van der Waals surface area contributed by atoms with Crippen LogP contribution in [-0.4, -0.2) is 45.0 Å². The topological polar surface area (TPSA) is 90.0 Å². The molecular weight excluding hydrogens is 509 g/mol. The summed E-state index contributed by atoms with van der Waals surface area (Å²) in [6, 6.07) is 13.0. The summed E-state index contributed by atoms with van der Waals surface area (Å²) in [6.07, 6.45) is 1.88. The van der Waals surface area contributed by atoms with E-state index < -0.39 is 22.1 Å². The molecular formula is C20H20INO6S. The van der Waals surface area contributed by atoms with Crippen LogP contribution in [-0.2, 0) is 19.5 Å². The lowest BCUT2D eigenvalue weighted by molar-refractivity contribution is 0.0549. The number of carbonyl (C=O) groups is 2. The Balaban J connectivity index is 2.01. The van der Waals surface area contributed by atoms with E-state index in [1.165, 1.54) is 24.3 Å². The maximum Gasteiger partial charge on any atom is 0.423 e. The molecule has 0 aromatic heterocycles. The molecule has 7 nitrogen and oxygen atoms in total. The lowest BCUT2D eigenvalue weighted by atomic mass is 10.2. The predicted molar refractivity (Wildman–Crippen MR) is 116 cm³/mol. The summed E-state index contributed by atoms with van der Waals surface area (Å²) in [5, 5.41) is 0. The lowest BCUT2D eigenvalue weighted by Gasteiger charge is -2.19. The van der Waals surface area contributed by atoms with Gasteiger partial charge in [0.15, 0.2) is 0 Å². The van der Waals surface area contributed by atoms with Gasteiger partial charge in [-0.05, 0) is 72.0 Å². The molecule has 0 fully saturated rings. The van der Waals surface area contributed by atoms with E-state index in [0.29, 0.717) is 9.87 Å². The highest BCUT2D eigenvalue weighted by Gasteiger charge is 2.29. The number of ether oxygens (including phenoxy) is 2. The van der Waals surface area contributed by atoms with Gasteiger partial charge in [-0.15, -0.1) is 0 Å². The summed E-state index contributed by atoms with van der Waals surface area (Å²) in [7, 11) is -2.98. The molecule has 0 aliphatic carbocycles. The van der Waals surface area contributed by atoms with Crippen LogP contribution in [0.1, 0.15) is 15.9 Å². The standard InChI is InChI=1S/C20H20INO6S/c1-15-5-11-18(12-6-15)29(25,26)22(20(24)27-2)13-3-4-14-28-19(23)16-7-9-17(21)10-8-16/h3-12H,13-14H2,1-2H3/b4-3+. The van der Waals surface area contributed by atoms with Gasteiger partial charge < -0.3 is 9.47 Å². The quantitative estimate of drug-likeness (QED) is 0.308. The molecule has 2 aromatic carbocycles. The fourth-order valence-corrected chi connectivity index (χ4v) is 3.89. The second-order valence-corrected chi connectivity index (χ2v) is 9.00. The summed E-state index contributed by atoms with van der Waals surface area (Å²) >= 11 is 2.13. The number of esters is 1. The molecule has 0 saturated heterocycles. The highest BCUT2D eigenvalue weighted by atomic mass is 127. The van der Waals surface area contributed by atoms with Crippen LogP contribution in [0, 0.1) is 10.5 Å². The highest BCUT2D eigenvalue weighted by Crippen LogP contribution is 2.17. The van der Waals surface area contributed by atoms with Gasteiger partial charge in [-0.2, -0.15) is 4.31 Å². The largest absolute Gasteiger partial charge is 0.458 e. The summed E-state index contributed by atoms with van der Waals surface area (Å²) in [6.45, 7) is 1.50. The highest BCUT2D eigenvalue weighted by molar-refractivity contribution is 14.1. The molecule has 154 valence electrons. The molecule has 0 saturated carbocycles. The SMILES string of the molecule is COC(=O)N(C/C=C/COC(=O)c1ccc(I)cc1)S(=O)(=O)c1ccc(C)cc1. The van der Waals surface area contributed by atoms with Gasteiger partial charge in [0.2, 0.25) is 0 Å². The van der Waals surface area contributed by atoms with Crippen LogP contribution in [0.2, 0.25) is 0 Å². The zero-order valence-electron chi connectivity index (χ0n) is 15.9. The maximum atomic E-state index is 12.7. The first-order valence-corrected chi connectivity index (χ1v) is 11.0. The van der Waals surface area contributed by atoms with Crippen molar-refractivity contribution in [2.24, 2.45) is 0 Å². The van der Waals surface area contributed by atoms with Crippen molar-refractivity contribution in [3.8, 4) is 0 Å².